The summed E-state index contributed by atoms with van der Waals surface area (Å²) in [6, 6.07) is 20.0. The minimum Gasteiger partial charge on any atom is -0.462 e. The molecule has 0 amide bonds. The van der Waals surface area contributed by atoms with E-state index >= 15 is 0 Å². The first-order valence-electron chi connectivity index (χ1n) is 9.73. The fraction of sp³-hybridized carbons (Fsp3) is 0.167. The zero-order chi connectivity index (χ0) is 22.4. The molecule has 0 aromatic heterocycles. The van der Waals surface area contributed by atoms with Crippen LogP contribution in [-0.4, -0.2) is 17.5 Å². The highest BCUT2D eigenvalue weighted by Crippen LogP contribution is 2.32. The Bertz CT molecular complexity index is 1160. The number of hydrogen-bond acceptors (Lipinski definition) is 6. The number of carbonyl (C=O) groups is 1. The molecule has 0 heterocycles. The molecule has 7 nitrogen and oxygen atoms in total. The molecule has 0 saturated carbocycles. The Kier molecular flexibility index (Phi) is 6.63. The lowest BCUT2D eigenvalue weighted by molar-refractivity contribution is -0.384. The third-order valence-corrected chi connectivity index (χ3v) is 4.85. The molecule has 0 aliphatic carbocycles. The fourth-order valence-electron chi connectivity index (χ4n) is 3.32. The lowest BCUT2D eigenvalue weighted by atomic mass is 9.99. The van der Waals surface area contributed by atoms with Crippen molar-refractivity contribution in [3.05, 3.63) is 93.0 Å². The molecule has 0 spiro atoms. The number of nitrogens with zero attached hydrogens (tertiary/aromatic N) is 2. The van der Waals surface area contributed by atoms with E-state index in [-0.39, 0.29) is 30.1 Å². The van der Waals surface area contributed by atoms with Crippen LogP contribution in [0.3, 0.4) is 0 Å². The second kappa shape index (κ2) is 9.55. The SMILES string of the molecule is CCOC(=O)c1c(C)ccc([N+](=O)[O-])c1NCc1ccc(-c2ccccc2C#N)cc1. The van der Waals surface area contributed by atoms with Gasteiger partial charge in [0, 0.05) is 12.6 Å². The highest BCUT2D eigenvalue weighted by molar-refractivity contribution is 5.99. The zero-order valence-corrected chi connectivity index (χ0v) is 17.2. The number of nitriles is 1. The van der Waals surface area contributed by atoms with Crippen LogP contribution in [0.15, 0.2) is 60.7 Å². The number of rotatable bonds is 7. The van der Waals surface area contributed by atoms with Crippen LogP contribution < -0.4 is 5.32 Å². The summed E-state index contributed by atoms with van der Waals surface area (Å²) in [6.07, 6.45) is 0. The molecule has 0 unspecified atom stereocenters. The number of anilines is 1. The van der Waals surface area contributed by atoms with Crippen molar-refractivity contribution in [3.8, 4) is 17.2 Å². The van der Waals surface area contributed by atoms with Crippen LogP contribution in [0.4, 0.5) is 11.4 Å². The maximum absolute atomic E-state index is 12.4. The Balaban J connectivity index is 1.89. The molecule has 0 fully saturated rings. The zero-order valence-electron chi connectivity index (χ0n) is 17.2. The number of aryl methyl sites for hydroxylation is 1. The molecule has 3 rings (SSSR count). The molecular weight excluding hydrogens is 394 g/mol. The molecule has 156 valence electrons. The van der Waals surface area contributed by atoms with Gasteiger partial charge in [0.05, 0.1) is 28.7 Å². The molecule has 0 aliphatic rings. The normalized spacial score (nSPS) is 10.2. The molecule has 0 radical (unpaired) electrons. The van der Waals surface area contributed by atoms with Crippen LogP contribution in [0, 0.1) is 28.4 Å². The first-order valence-corrected chi connectivity index (χ1v) is 9.73. The van der Waals surface area contributed by atoms with E-state index in [1.165, 1.54) is 12.1 Å². The van der Waals surface area contributed by atoms with Gasteiger partial charge in [0.15, 0.2) is 0 Å². The molecule has 0 bridgehead atoms. The van der Waals surface area contributed by atoms with Gasteiger partial charge in [0.2, 0.25) is 0 Å². The second-order valence-electron chi connectivity index (χ2n) is 6.84. The lowest BCUT2D eigenvalue weighted by Crippen LogP contribution is -2.13. The van der Waals surface area contributed by atoms with E-state index in [0.29, 0.717) is 11.1 Å². The van der Waals surface area contributed by atoms with Gasteiger partial charge in [-0.1, -0.05) is 48.5 Å². The largest absolute Gasteiger partial charge is 0.462 e. The molecule has 3 aromatic rings. The lowest BCUT2D eigenvalue weighted by Gasteiger charge is -2.14. The second-order valence-corrected chi connectivity index (χ2v) is 6.84. The molecule has 0 aliphatic heterocycles. The van der Waals surface area contributed by atoms with Gasteiger partial charge in [-0.3, -0.25) is 10.1 Å². The van der Waals surface area contributed by atoms with Crippen molar-refractivity contribution < 1.29 is 14.5 Å². The van der Waals surface area contributed by atoms with Crippen molar-refractivity contribution >= 4 is 17.3 Å². The maximum atomic E-state index is 12.4. The molecular formula is C24H21N3O4. The highest BCUT2D eigenvalue weighted by atomic mass is 16.6. The van der Waals surface area contributed by atoms with Crippen molar-refractivity contribution in [2.24, 2.45) is 0 Å². The summed E-state index contributed by atoms with van der Waals surface area (Å²) in [5.74, 6) is -0.602. The summed E-state index contributed by atoms with van der Waals surface area (Å²) < 4.78 is 5.09. The number of hydrogen-bond donors (Lipinski definition) is 1. The number of nitro groups is 1. The Morgan fingerprint density at radius 1 is 1.13 bits per heavy atom. The van der Waals surface area contributed by atoms with E-state index in [1.807, 2.05) is 42.5 Å². The number of esters is 1. The molecule has 0 saturated heterocycles. The van der Waals surface area contributed by atoms with E-state index in [1.54, 1.807) is 19.9 Å². The number of carbonyl (C=O) groups excluding carboxylic acids is 1. The smallest absolute Gasteiger partial charge is 0.340 e. The molecule has 31 heavy (non-hydrogen) atoms. The van der Waals surface area contributed by atoms with Crippen LogP contribution in [0.5, 0.6) is 0 Å². The van der Waals surface area contributed by atoms with Crippen LogP contribution in [0.1, 0.15) is 34.0 Å². The van der Waals surface area contributed by atoms with Gasteiger partial charge in [0.1, 0.15) is 5.69 Å². The van der Waals surface area contributed by atoms with E-state index < -0.39 is 10.9 Å². The van der Waals surface area contributed by atoms with Gasteiger partial charge in [-0.15, -0.1) is 0 Å². The number of benzene rings is 3. The summed E-state index contributed by atoms with van der Waals surface area (Å²) >= 11 is 0. The highest BCUT2D eigenvalue weighted by Gasteiger charge is 2.24. The van der Waals surface area contributed by atoms with E-state index in [0.717, 1.165) is 16.7 Å². The van der Waals surface area contributed by atoms with Crippen LogP contribution in [-0.2, 0) is 11.3 Å². The van der Waals surface area contributed by atoms with Gasteiger partial charge in [-0.05, 0) is 42.2 Å². The first-order chi connectivity index (χ1) is 15.0. The van der Waals surface area contributed by atoms with Crippen molar-refractivity contribution in [1.82, 2.24) is 0 Å². The van der Waals surface area contributed by atoms with Crippen LogP contribution >= 0.6 is 0 Å². The topological polar surface area (TPSA) is 105 Å². The van der Waals surface area contributed by atoms with Crippen molar-refractivity contribution in [3.63, 3.8) is 0 Å². The predicted octanol–water partition coefficient (Wildman–Crippen LogP) is 5.23. The third-order valence-electron chi connectivity index (χ3n) is 4.85. The average Bonchev–Trinajstić information content (AvgIpc) is 2.77. The molecule has 7 heteroatoms. The fourth-order valence-corrected chi connectivity index (χ4v) is 3.32. The monoisotopic (exact) mass is 415 g/mol. The Hall–Kier alpha value is -4.18. The van der Waals surface area contributed by atoms with Crippen LogP contribution in [0.2, 0.25) is 0 Å². The van der Waals surface area contributed by atoms with Crippen molar-refractivity contribution in [1.29, 1.82) is 5.26 Å². The summed E-state index contributed by atoms with van der Waals surface area (Å²) in [6.45, 7) is 3.84. The van der Waals surface area contributed by atoms with Crippen molar-refractivity contribution in [2.45, 2.75) is 20.4 Å². The van der Waals surface area contributed by atoms with E-state index in [4.69, 9.17) is 4.74 Å². The molecule has 3 aromatic carbocycles. The Morgan fingerprint density at radius 2 is 1.84 bits per heavy atom. The summed E-state index contributed by atoms with van der Waals surface area (Å²) in [5, 5.41) is 23.9. The minimum atomic E-state index is -0.602. The summed E-state index contributed by atoms with van der Waals surface area (Å²) in [4.78, 5) is 23.4. The number of nitro benzene ring substituents is 1. The summed E-state index contributed by atoms with van der Waals surface area (Å²) in [5.41, 5.74) is 3.89. The standard InChI is InChI=1S/C24H21N3O4/c1-3-31-24(28)22-16(2)8-13-21(27(29)30)23(22)26-15-17-9-11-18(12-10-17)20-7-5-4-6-19(20)14-25/h4-13,26H,3,15H2,1-2H3. The Morgan fingerprint density at radius 3 is 2.48 bits per heavy atom. The molecule has 1 N–H and O–H groups in total. The third kappa shape index (κ3) is 4.70. The van der Waals surface area contributed by atoms with Crippen LogP contribution in [0.25, 0.3) is 11.1 Å². The maximum Gasteiger partial charge on any atom is 0.340 e. The van der Waals surface area contributed by atoms with Gasteiger partial charge in [-0.2, -0.15) is 5.26 Å². The van der Waals surface area contributed by atoms with Gasteiger partial charge >= 0.3 is 5.97 Å². The average molecular weight is 415 g/mol. The Labute approximate surface area is 180 Å². The quantitative estimate of drug-likeness (QED) is 0.322. The predicted molar refractivity (Wildman–Crippen MR) is 118 cm³/mol. The van der Waals surface area contributed by atoms with Gasteiger partial charge < -0.3 is 10.1 Å². The molecule has 0 atom stereocenters. The van der Waals surface area contributed by atoms with Gasteiger partial charge in [-0.25, -0.2) is 4.79 Å². The number of ether oxygens (including phenoxy) is 1. The van der Waals surface area contributed by atoms with Gasteiger partial charge in [0.25, 0.3) is 5.69 Å². The first kappa shape index (κ1) is 21.5. The minimum absolute atomic E-state index is 0.141. The summed E-state index contributed by atoms with van der Waals surface area (Å²) in [7, 11) is 0. The van der Waals surface area contributed by atoms with E-state index in [9.17, 15) is 20.2 Å². The van der Waals surface area contributed by atoms with Crippen molar-refractivity contribution in [2.75, 3.05) is 11.9 Å². The van der Waals surface area contributed by atoms with E-state index in [2.05, 4.69) is 11.4 Å². The number of nitrogens with one attached hydrogen (secondary N) is 1.